The van der Waals surface area contributed by atoms with Crippen LogP contribution >= 0.6 is 23.4 Å². The molecule has 10 heteroatoms. The van der Waals surface area contributed by atoms with Crippen LogP contribution in [0.3, 0.4) is 0 Å². The van der Waals surface area contributed by atoms with Crippen molar-refractivity contribution in [3.8, 4) is 11.4 Å². The van der Waals surface area contributed by atoms with Gasteiger partial charge in [-0.25, -0.2) is 19.2 Å². The van der Waals surface area contributed by atoms with Crippen LogP contribution in [0, 0.1) is 5.82 Å². The number of aliphatic hydroxyl groups excluding tert-OH is 1. The summed E-state index contributed by atoms with van der Waals surface area (Å²) in [5.41, 5.74) is 1.75. The summed E-state index contributed by atoms with van der Waals surface area (Å²) in [4.78, 5) is 21.6. The highest BCUT2D eigenvalue weighted by molar-refractivity contribution is 7.98. The van der Waals surface area contributed by atoms with E-state index in [1.807, 2.05) is 6.26 Å². The predicted octanol–water partition coefficient (Wildman–Crippen LogP) is 4.71. The lowest BCUT2D eigenvalue weighted by molar-refractivity contribution is 0.262. The quantitative estimate of drug-likeness (QED) is 0.309. The number of thioether (sulfide) groups is 1. The number of aliphatic hydroxyl groups is 1. The zero-order chi connectivity index (χ0) is 21.5. The molecule has 0 aliphatic rings. The highest BCUT2D eigenvalue weighted by atomic mass is 35.5. The monoisotopic (exact) mass is 447 g/mol. The van der Waals surface area contributed by atoms with Crippen molar-refractivity contribution in [2.45, 2.75) is 4.90 Å². The van der Waals surface area contributed by atoms with Crippen LogP contribution in [0.25, 0.3) is 11.4 Å². The molecule has 2 amide bonds. The first-order valence-corrected chi connectivity index (χ1v) is 10.5. The Kier molecular flexibility index (Phi) is 7.45. The van der Waals surface area contributed by atoms with Gasteiger partial charge < -0.3 is 21.1 Å². The minimum Gasteiger partial charge on any atom is -0.395 e. The van der Waals surface area contributed by atoms with Gasteiger partial charge in [0.05, 0.1) is 11.5 Å². The van der Waals surface area contributed by atoms with Crippen LogP contribution < -0.4 is 16.0 Å². The average molecular weight is 448 g/mol. The molecule has 0 unspecified atom stereocenters. The van der Waals surface area contributed by atoms with E-state index in [4.69, 9.17) is 16.7 Å². The van der Waals surface area contributed by atoms with Crippen molar-refractivity contribution in [3.63, 3.8) is 0 Å². The summed E-state index contributed by atoms with van der Waals surface area (Å²) in [5, 5.41) is 17.7. The molecule has 0 radical (unpaired) electrons. The number of carbonyl (C=O) groups is 1. The van der Waals surface area contributed by atoms with Gasteiger partial charge in [-0.05, 0) is 54.8 Å². The van der Waals surface area contributed by atoms with E-state index in [0.717, 1.165) is 0 Å². The van der Waals surface area contributed by atoms with Gasteiger partial charge in [-0.1, -0.05) is 11.6 Å². The summed E-state index contributed by atoms with van der Waals surface area (Å²) in [6, 6.07) is 12.0. The number of urea groups is 1. The Morgan fingerprint density at radius 3 is 2.23 bits per heavy atom. The van der Waals surface area contributed by atoms with E-state index in [1.165, 1.54) is 36.0 Å². The molecule has 0 aliphatic heterocycles. The molecule has 0 spiro atoms. The van der Waals surface area contributed by atoms with Crippen molar-refractivity contribution in [1.29, 1.82) is 0 Å². The van der Waals surface area contributed by atoms with Crippen molar-refractivity contribution in [3.05, 3.63) is 59.5 Å². The SMILES string of the molecule is CSc1c(Cl)nc(-c2ccc(NC(=O)Nc3ccc(F)cc3)cc2)nc1NCCO. The zero-order valence-corrected chi connectivity index (χ0v) is 17.5. The van der Waals surface area contributed by atoms with Gasteiger partial charge in [-0.2, -0.15) is 0 Å². The van der Waals surface area contributed by atoms with Crippen molar-refractivity contribution in [2.75, 3.05) is 35.4 Å². The maximum atomic E-state index is 12.9. The molecule has 0 aliphatic carbocycles. The van der Waals surface area contributed by atoms with Crippen LogP contribution in [-0.2, 0) is 0 Å². The molecule has 156 valence electrons. The minimum atomic E-state index is -0.450. The topological polar surface area (TPSA) is 99.2 Å². The van der Waals surface area contributed by atoms with Crippen molar-refractivity contribution in [1.82, 2.24) is 9.97 Å². The fourth-order valence-electron chi connectivity index (χ4n) is 2.56. The van der Waals surface area contributed by atoms with Crippen molar-refractivity contribution in [2.24, 2.45) is 0 Å². The summed E-state index contributed by atoms with van der Waals surface area (Å²) in [6.45, 7) is 0.303. The van der Waals surface area contributed by atoms with Crippen molar-refractivity contribution < 1.29 is 14.3 Å². The molecule has 0 saturated carbocycles. The van der Waals surface area contributed by atoms with Gasteiger partial charge in [0.1, 0.15) is 16.8 Å². The number of anilines is 3. The molecule has 30 heavy (non-hydrogen) atoms. The molecule has 0 fully saturated rings. The molecular formula is C20H19ClFN5O2S. The Bertz CT molecular complexity index is 1020. The number of hydrogen-bond acceptors (Lipinski definition) is 6. The Balaban J connectivity index is 1.72. The number of nitrogens with one attached hydrogen (secondary N) is 3. The number of benzene rings is 2. The smallest absolute Gasteiger partial charge is 0.323 e. The van der Waals surface area contributed by atoms with E-state index in [2.05, 4.69) is 25.9 Å². The average Bonchev–Trinajstić information content (AvgIpc) is 2.74. The van der Waals surface area contributed by atoms with E-state index in [9.17, 15) is 9.18 Å². The van der Waals surface area contributed by atoms with E-state index in [0.29, 0.717) is 45.2 Å². The normalized spacial score (nSPS) is 10.5. The maximum absolute atomic E-state index is 12.9. The van der Waals surface area contributed by atoms with E-state index in [1.54, 1.807) is 24.3 Å². The van der Waals surface area contributed by atoms with Crippen LogP contribution in [0.5, 0.6) is 0 Å². The molecule has 3 aromatic rings. The van der Waals surface area contributed by atoms with Gasteiger partial charge in [0.2, 0.25) is 0 Å². The number of amides is 2. The van der Waals surface area contributed by atoms with Gasteiger partial charge in [-0.15, -0.1) is 11.8 Å². The Morgan fingerprint density at radius 2 is 1.67 bits per heavy atom. The zero-order valence-electron chi connectivity index (χ0n) is 15.9. The number of nitrogens with zero attached hydrogens (tertiary/aromatic N) is 2. The highest BCUT2D eigenvalue weighted by Gasteiger charge is 2.14. The largest absolute Gasteiger partial charge is 0.395 e. The summed E-state index contributed by atoms with van der Waals surface area (Å²) >= 11 is 7.70. The Labute approximate surface area is 182 Å². The lowest BCUT2D eigenvalue weighted by Crippen LogP contribution is -2.19. The van der Waals surface area contributed by atoms with Gasteiger partial charge >= 0.3 is 6.03 Å². The van der Waals surface area contributed by atoms with Gasteiger partial charge in [0.15, 0.2) is 5.82 Å². The lowest BCUT2D eigenvalue weighted by Gasteiger charge is -2.12. The number of rotatable bonds is 7. The standard InChI is InChI=1S/C20H19ClFN5O2S/c1-30-16-17(21)26-18(27-19(16)23-10-11-28)12-2-6-14(7-3-12)24-20(29)25-15-8-4-13(22)5-9-15/h2-9,28H,10-11H2,1H3,(H,23,26,27)(H2,24,25,29). The number of halogens is 2. The van der Waals surface area contributed by atoms with Crippen LogP contribution in [0.2, 0.25) is 5.15 Å². The molecule has 3 rings (SSSR count). The maximum Gasteiger partial charge on any atom is 0.323 e. The number of hydrogen-bond donors (Lipinski definition) is 4. The molecule has 2 aromatic carbocycles. The predicted molar refractivity (Wildman–Crippen MR) is 119 cm³/mol. The summed E-state index contributed by atoms with van der Waals surface area (Å²) in [6.07, 6.45) is 1.87. The molecule has 7 nitrogen and oxygen atoms in total. The number of carbonyl (C=O) groups excluding carboxylic acids is 1. The third kappa shape index (κ3) is 5.59. The van der Waals surface area contributed by atoms with Gasteiger partial charge in [0, 0.05) is 23.5 Å². The third-order valence-electron chi connectivity index (χ3n) is 3.94. The Hall–Kier alpha value is -2.88. The fourth-order valence-corrected chi connectivity index (χ4v) is 3.48. The summed E-state index contributed by atoms with van der Waals surface area (Å²) < 4.78 is 12.9. The highest BCUT2D eigenvalue weighted by Crippen LogP contribution is 2.32. The van der Waals surface area contributed by atoms with Crippen LogP contribution in [0.15, 0.2) is 53.4 Å². The Morgan fingerprint density at radius 1 is 1.07 bits per heavy atom. The van der Waals surface area contributed by atoms with Gasteiger partial charge in [-0.3, -0.25) is 0 Å². The van der Waals surface area contributed by atoms with E-state index >= 15 is 0 Å². The first kappa shape index (κ1) is 21.8. The molecule has 1 aromatic heterocycles. The summed E-state index contributed by atoms with van der Waals surface area (Å²) in [7, 11) is 0. The molecule has 0 atom stereocenters. The van der Waals surface area contributed by atoms with Gasteiger partial charge in [0.25, 0.3) is 0 Å². The third-order valence-corrected chi connectivity index (χ3v) is 5.12. The molecule has 1 heterocycles. The van der Waals surface area contributed by atoms with E-state index in [-0.39, 0.29) is 12.4 Å². The molecule has 4 N–H and O–H groups in total. The van der Waals surface area contributed by atoms with Crippen LogP contribution in [0.4, 0.5) is 26.4 Å². The molecular weight excluding hydrogens is 429 g/mol. The second kappa shape index (κ2) is 10.2. The second-order valence-corrected chi connectivity index (χ2v) is 7.21. The first-order chi connectivity index (χ1) is 14.5. The number of aromatic nitrogens is 2. The summed E-state index contributed by atoms with van der Waals surface area (Å²) in [5.74, 6) is 0.590. The molecule has 0 bridgehead atoms. The van der Waals surface area contributed by atoms with Crippen molar-refractivity contribution >= 4 is 46.6 Å². The van der Waals surface area contributed by atoms with E-state index < -0.39 is 6.03 Å². The van der Waals surface area contributed by atoms with Crippen LogP contribution in [0.1, 0.15) is 0 Å². The lowest BCUT2D eigenvalue weighted by atomic mass is 10.2. The molecule has 0 saturated heterocycles. The van der Waals surface area contributed by atoms with Crippen LogP contribution in [-0.4, -0.2) is 40.5 Å². The minimum absolute atomic E-state index is 0.0366. The fraction of sp³-hybridized carbons (Fsp3) is 0.150. The first-order valence-electron chi connectivity index (χ1n) is 8.90. The second-order valence-electron chi connectivity index (χ2n) is 6.03.